The van der Waals surface area contributed by atoms with Crippen LogP contribution >= 0.6 is 11.8 Å². The SMILES string of the molecule is Cc1c(NC(=O)CCc2ccccc2N)cccc1C(=O)N1CCSCC1. The zero-order valence-corrected chi connectivity index (χ0v) is 16.3. The fourth-order valence-corrected chi connectivity index (χ4v) is 4.07. The second-order valence-corrected chi connectivity index (χ2v) is 7.85. The molecule has 1 fully saturated rings. The molecule has 0 atom stereocenters. The van der Waals surface area contributed by atoms with Crippen molar-refractivity contribution in [2.75, 3.05) is 35.6 Å². The number of carbonyl (C=O) groups excluding carboxylic acids is 2. The molecule has 3 rings (SSSR count). The van der Waals surface area contributed by atoms with Crippen LogP contribution in [-0.2, 0) is 11.2 Å². The molecule has 0 unspecified atom stereocenters. The minimum Gasteiger partial charge on any atom is -0.399 e. The second-order valence-electron chi connectivity index (χ2n) is 6.63. The first-order chi connectivity index (χ1) is 13.1. The molecular formula is C21H25N3O2S. The monoisotopic (exact) mass is 383 g/mol. The number of carbonyl (C=O) groups is 2. The summed E-state index contributed by atoms with van der Waals surface area (Å²) in [6.07, 6.45) is 0.927. The molecule has 2 amide bonds. The van der Waals surface area contributed by atoms with Crippen LogP contribution in [0.1, 0.15) is 27.9 Å². The van der Waals surface area contributed by atoms with Crippen LogP contribution in [0.3, 0.4) is 0 Å². The van der Waals surface area contributed by atoms with Crippen LogP contribution in [0.2, 0.25) is 0 Å². The van der Waals surface area contributed by atoms with Gasteiger partial charge >= 0.3 is 0 Å². The Bertz CT molecular complexity index is 832. The van der Waals surface area contributed by atoms with Gasteiger partial charge in [-0.05, 0) is 42.7 Å². The summed E-state index contributed by atoms with van der Waals surface area (Å²) >= 11 is 1.87. The Morgan fingerprint density at radius 2 is 1.85 bits per heavy atom. The Hall–Kier alpha value is -2.47. The van der Waals surface area contributed by atoms with Gasteiger partial charge in [-0.2, -0.15) is 11.8 Å². The van der Waals surface area contributed by atoms with Crippen molar-refractivity contribution in [3.8, 4) is 0 Å². The molecule has 142 valence electrons. The van der Waals surface area contributed by atoms with Crippen molar-refractivity contribution in [3.05, 3.63) is 59.2 Å². The molecule has 0 saturated carbocycles. The van der Waals surface area contributed by atoms with Gasteiger partial charge in [0.2, 0.25) is 5.91 Å². The van der Waals surface area contributed by atoms with Gasteiger partial charge in [0.1, 0.15) is 0 Å². The van der Waals surface area contributed by atoms with Gasteiger partial charge in [0, 0.05) is 48.0 Å². The van der Waals surface area contributed by atoms with E-state index in [-0.39, 0.29) is 11.8 Å². The van der Waals surface area contributed by atoms with E-state index in [1.165, 1.54) is 0 Å². The van der Waals surface area contributed by atoms with Gasteiger partial charge in [-0.1, -0.05) is 24.3 Å². The summed E-state index contributed by atoms with van der Waals surface area (Å²) in [7, 11) is 0. The van der Waals surface area contributed by atoms with Crippen LogP contribution in [0.5, 0.6) is 0 Å². The predicted octanol–water partition coefficient (Wildman–Crippen LogP) is 3.34. The Morgan fingerprint density at radius 1 is 1.11 bits per heavy atom. The number of benzene rings is 2. The van der Waals surface area contributed by atoms with Crippen LogP contribution in [0.15, 0.2) is 42.5 Å². The Morgan fingerprint density at radius 3 is 2.59 bits per heavy atom. The number of hydrogen-bond donors (Lipinski definition) is 2. The lowest BCUT2D eigenvalue weighted by molar-refractivity contribution is -0.116. The van der Waals surface area contributed by atoms with Crippen molar-refractivity contribution < 1.29 is 9.59 Å². The molecule has 1 saturated heterocycles. The fraction of sp³-hybridized carbons (Fsp3) is 0.333. The average molecular weight is 384 g/mol. The molecule has 0 aromatic heterocycles. The minimum absolute atomic E-state index is 0.0426. The molecule has 0 aliphatic carbocycles. The number of thioether (sulfide) groups is 1. The van der Waals surface area contributed by atoms with E-state index < -0.39 is 0 Å². The van der Waals surface area contributed by atoms with Crippen molar-refractivity contribution in [3.63, 3.8) is 0 Å². The van der Waals surface area contributed by atoms with Crippen LogP contribution in [0.4, 0.5) is 11.4 Å². The average Bonchev–Trinajstić information content (AvgIpc) is 2.69. The van der Waals surface area contributed by atoms with Crippen molar-refractivity contribution in [2.24, 2.45) is 0 Å². The first-order valence-corrected chi connectivity index (χ1v) is 10.3. The molecule has 1 aliphatic rings. The summed E-state index contributed by atoms with van der Waals surface area (Å²) in [4.78, 5) is 27.1. The Balaban J connectivity index is 1.65. The maximum Gasteiger partial charge on any atom is 0.254 e. The number of nitrogens with one attached hydrogen (secondary N) is 1. The smallest absolute Gasteiger partial charge is 0.254 e. The molecule has 1 heterocycles. The van der Waals surface area contributed by atoms with Crippen LogP contribution < -0.4 is 11.1 Å². The number of anilines is 2. The van der Waals surface area contributed by atoms with Crippen LogP contribution in [0.25, 0.3) is 0 Å². The van der Waals surface area contributed by atoms with E-state index in [4.69, 9.17) is 5.73 Å². The number of hydrogen-bond acceptors (Lipinski definition) is 4. The molecule has 2 aromatic carbocycles. The lowest BCUT2D eigenvalue weighted by Gasteiger charge is -2.27. The zero-order valence-electron chi connectivity index (χ0n) is 15.5. The highest BCUT2D eigenvalue weighted by Crippen LogP contribution is 2.22. The largest absolute Gasteiger partial charge is 0.399 e. The second kappa shape index (κ2) is 8.95. The lowest BCUT2D eigenvalue weighted by atomic mass is 10.0. The number of nitrogen functional groups attached to an aromatic ring is 1. The summed E-state index contributed by atoms with van der Waals surface area (Å²) in [6, 6.07) is 13.1. The lowest BCUT2D eigenvalue weighted by Crippen LogP contribution is -2.38. The van der Waals surface area contributed by atoms with Gasteiger partial charge in [-0.3, -0.25) is 9.59 Å². The van der Waals surface area contributed by atoms with E-state index >= 15 is 0 Å². The third kappa shape index (κ3) is 4.83. The summed E-state index contributed by atoms with van der Waals surface area (Å²) in [5.74, 6) is 1.91. The van der Waals surface area contributed by atoms with E-state index in [0.29, 0.717) is 29.8 Å². The van der Waals surface area contributed by atoms with Gasteiger partial charge in [0.15, 0.2) is 0 Å². The molecule has 0 radical (unpaired) electrons. The standard InChI is InChI=1S/C21H25N3O2S/c1-15-17(21(26)24-11-13-27-14-12-24)6-4-8-19(15)23-20(25)10-9-16-5-2-3-7-18(16)22/h2-8H,9-14,22H2,1H3,(H,23,25). The normalized spacial score (nSPS) is 14.0. The number of amides is 2. The van der Waals surface area contributed by atoms with Crippen molar-refractivity contribution in [2.45, 2.75) is 19.8 Å². The molecule has 3 N–H and O–H groups in total. The zero-order chi connectivity index (χ0) is 19.2. The number of rotatable bonds is 5. The fourth-order valence-electron chi connectivity index (χ4n) is 3.16. The van der Waals surface area contributed by atoms with Gasteiger partial charge in [-0.15, -0.1) is 0 Å². The number of nitrogens with zero attached hydrogens (tertiary/aromatic N) is 1. The van der Waals surface area contributed by atoms with Gasteiger partial charge in [-0.25, -0.2) is 0 Å². The summed E-state index contributed by atoms with van der Waals surface area (Å²) in [5.41, 5.74) is 9.77. The van der Waals surface area contributed by atoms with E-state index in [1.54, 1.807) is 0 Å². The van der Waals surface area contributed by atoms with Gasteiger partial charge < -0.3 is 16.0 Å². The molecule has 2 aromatic rings. The van der Waals surface area contributed by atoms with E-state index in [9.17, 15) is 9.59 Å². The quantitative estimate of drug-likeness (QED) is 0.777. The highest BCUT2D eigenvalue weighted by atomic mass is 32.2. The third-order valence-corrected chi connectivity index (χ3v) is 5.76. The molecule has 27 heavy (non-hydrogen) atoms. The molecular weight excluding hydrogens is 358 g/mol. The van der Waals surface area contributed by atoms with E-state index in [0.717, 1.165) is 35.7 Å². The molecule has 0 spiro atoms. The maximum absolute atomic E-state index is 12.8. The highest BCUT2D eigenvalue weighted by Gasteiger charge is 2.21. The highest BCUT2D eigenvalue weighted by molar-refractivity contribution is 7.99. The van der Waals surface area contributed by atoms with E-state index in [2.05, 4.69) is 5.32 Å². The summed E-state index contributed by atoms with van der Waals surface area (Å²) in [6.45, 7) is 3.44. The first-order valence-electron chi connectivity index (χ1n) is 9.16. The molecule has 1 aliphatic heterocycles. The Kier molecular flexibility index (Phi) is 6.40. The maximum atomic E-state index is 12.8. The van der Waals surface area contributed by atoms with E-state index in [1.807, 2.05) is 66.1 Å². The van der Waals surface area contributed by atoms with Crippen LogP contribution in [0, 0.1) is 6.92 Å². The minimum atomic E-state index is -0.0830. The van der Waals surface area contributed by atoms with Gasteiger partial charge in [0.25, 0.3) is 5.91 Å². The first kappa shape index (κ1) is 19.3. The van der Waals surface area contributed by atoms with Crippen molar-refractivity contribution in [1.29, 1.82) is 0 Å². The summed E-state index contributed by atoms with van der Waals surface area (Å²) < 4.78 is 0. The Labute approximate surface area is 164 Å². The number of nitrogens with two attached hydrogens (primary N) is 1. The van der Waals surface area contributed by atoms with Crippen molar-refractivity contribution in [1.82, 2.24) is 4.90 Å². The third-order valence-electron chi connectivity index (χ3n) is 4.81. The van der Waals surface area contributed by atoms with Gasteiger partial charge in [0.05, 0.1) is 0 Å². The molecule has 0 bridgehead atoms. The topological polar surface area (TPSA) is 75.4 Å². The predicted molar refractivity (Wildman–Crippen MR) is 112 cm³/mol. The number of para-hydroxylation sites is 1. The summed E-state index contributed by atoms with van der Waals surface area (Å²) in [5, 5.41) is 2.94. The number of aryl methyl sites for hydroxylation is 1. The van der Waals surface area contributed by atoms with Crippen molar-refractivity contribution >= 4 is 35.0 Å². The molecule has 5 nitrogen and oxygen atoms in total. The molecule has 6 heteroatoms. The van der Waals surface area contributed by atoms with Crippen LogP contribution in [-0.4, -0.2) is 41.3 Å².